The van der Waals surface area contributed by atoms with Crippen molar-refractivity contribution in [1.29, 1.82) is 0 Å². The highest BCUT2D eigenvalue weighted by Crippen LogP contribution is 2.11. The predicted octanol–water partition coefficient (Wildman–Crippen LogP) is 1.77. The summed E-state index contributed by atoms with van der Waals surface area (Å²) < 4.78 is 27.6. The molecule has 0 spiro atoms. The van der Waals surface area contributed by atoms with Crippen LogP contribution in [-0.4, -0.2) is 32.4 Å². The van der Waals surface area contributed by atoms with Gasteiger partial charge in [-0.3, -0.25) is 0 Å². The molecule has 116 valence electrons. The second-order valence-corrected chi connectivity index (χ2v) is 6.85. The van der Waals surface area contributed by atoms with Gasteiger partial charge in [0.1, 0.15) is 0 Å². The van der Waals surface area contributed by atoms with Crippen molar-refractivity contribution in [3.05, 3.63) is 34.9 Å². The standard InChI is InChI=1S/C12H20ClN3O2S.ClH/c1-10(14)7-8-15-19(17,18)16(2)9-11-3-5-12(13)6-4-11;/h3-6,10,15H,7-9,14H2,1-2H3;1H. The Kier molecular flexibility index (Phi) is 8.65. The van der Waals surface area contributed by atoms with Crippen molar-refractivity contribution in [3.8, 4) is 0 Å². The zero-order valence-corrected chi connectivity index (χ0v) is 13.9. The third-order valence-corrected chi connectivity index (χ3v) is 4.38. The largest absolute Gasteiger partial charge is 0.328 e. The summed E-state index contributed by atoms with van der Waals surface area (Å²) in [5.74, 6) is 0. The van der Waals surface area contributed by atoms with Crippen LogP contribution in [0, 0.1) is 0 Å². The molecule has 0 saturated heterocycles. The van der Waals surface area contributed by atoms with Crippen LogP contribution in [0.5, 0.6) is 0 Å². The summed E-state index contributed by atoms with van der Waals surface area (Å²) in [6.07, 6.45) is 0.605. The fourth-order valence-electron chi connectivity index (χ4n) is 1.46. The van der Waals surface area contributed by atoms with Crippen LogP contribution in [0.3, 0.4) is 0 Å². The van der Waals surface area contributed by atoms with Crippen molar-refractivity contribution in [1.82, 2.24) is 9.03 Å². The van der Waals surface area contributed by atoms with Gasteiger partial charge >= 0.3 is 0 Å². The van der Waals surface area contributed by atoms with E-state index in [9.17, 15) is 8.42 Å². The molecule has 0 aromatic heterocycles. The van der Waals surface area contributed by atoms with Crippen LogP contribution < -0.4 is 10.5 Å². The summed E-state index contributed by atoms with van der Waals surface area (Å²) in [5, 5.41) is 0.629. The smallest absolute Gasteiger partial charge is 0.279 e. The lowest BCUT2D eigenvalue weighted by atomic mass is 10.2. The van der Waals surface area contributed by atoms with E-state index in [1.165, 1.54) is 11.4 Å². The number of benzene rings is 1. The van der Waals surface area contributed by atoms with Gasteiger partial charge in [0.15, 0.2) is 0 Å². The van der Waals surface area contributed by atoms with Crippen LogP contribution in [0.2, 0.25) is 5.02 Å². The van der Waals surface area contributed by atoms with E-state index in [0.29, 0.717) is 24.5 Å². The molecule has 0 aliphatic carbocycles. The number of hydrogen-bond donors (Lipinski definition) is 2. The van der Waals surface area contributed by atoms with E-state index in [0.717, 1.165) is 5.56 Å². The Labute approximate surface area is 132 Å². The number of hydrogen-bond acceptors (Lipinski definition) is 3. The van der Waals surface area contributed by atoms with Gasteiger partial charge < -0.3 is 5.73 Å². The number of nitrogens with two attached hydrogens (primary N) is 1. The van der Waals surface area contributed by atoms with Gasteiger partial charge in [-0.2, -0.15) is 12.7 Å². The quantitative estimate of drug-likeness (QED) is 0.793. The molecule has 1 aromatic rings. The number of nitrogens with zero attached hydrogens (tertiary/aromatic N) is 1. The van der Waals surface area contributed by atoms with Crippen molar-refractivity contribution in [3.63, 3.8) is 0 Å². The lowest BCUT2D eigenvalue weighted by Crippen LogP contribution is -2.39. The third kappa shape index (κ3) is 6.88. The molecule has 0 fully saturated rings. The number of nitrogens with one attached hydrogen (secondary N) is 1. The van der Waals surface area contributed by atoms with E-state index in [1.807, 2.05) is 6.92 Å². The molecule has 1 rings (SSSR count). The molecule has 20 heavy (non-hydrogen) atoms. The van der Waals surface area contributed by atoms with Gasteiger partial charge in [0, 0.05) is 31.2 Å². The molecule has 0 radical (unpaired) electrons. The first-order valence-electron chi connectivity index (χ1n) is 6.02. The van der Waals surface area contributed by atoms with E-state index in [2.05, 4.69) is 4.72 Å². The van der Waals surface area contributed by atoms with Crippen molar-refractivity contribution in [2.24, 2.45) is 5.73 Å². The van der Waals surface area contributed by atoms with Gasteiger partial charge in [-0.25, -0.2) is 4.72 Å². The molecule has 8 heteroatoms. The van der Waals surface area contributed by atoms with Gasteiger partial charge in [0.2, 0.25) is 0 Å². The molecule has 1 atom stereocenters. The lowest BCUT2D eigenvalue weighted by Gasteiger charge is -2.18. The van der Waals surface area contributed by atoms with Crippen LogP contribution in [0.25, 0.3) is 0 Å². The summed E-state index contributed by atoms with van der Waals surface area (Å²) in [4.78, 5) is 0. The lowest BCUT2D eigenvalue weighted by molar-refractivity contribution is 0.453. The van der Waals surface area contributed by atoms with Crippen molar-refractivity contribution < 1.29 is 8.42 Å². The summed E-state index contributed by atoms with van der Waals surface area (Å²) in [6.45, 7) is 2.47. The zero-order valence-electron chi connectivity index (χ0n) is 11.5. The third-order valence-electron chi connectivity index (χ3n) is 2.61. The van der Waals surface area contributed by atoms with Crippen LogP contribution in [0.1, 0.15) is 18.9 Å². The van der Waals surface area contributed by atoms with Gasteiger partial charge in [0.25, 0.3) is 10.2 Å². The molecule has 5 nitrogen and oxygen atoms in total. The molecule has 0 bridgehead atoms. The average Bonchev–Trinajstić information content (AvgIpc) is 2.31. The maximum absolute atomic E-state index is 11.9. The molecule has 1 aromatic carbocycles. The minimum absolute atomic E-state index is 0. The second kappa shape index (κ2) is 8.81. The molecule has 1 unspecified atom stereocenters. The number of halogens is 2. The van der Waals surface area contributed by atoms with E-state index < -0.39 is 10.2 Å². The van der Waals surface area contributed by atoms with Crippen LogP contribution in [0.4, 0.5) is 0 Å². The summed E-state index contributed by atoms with van der Waals surface area (Å²) >= 11 is 5.78. The van der Waals surface area contributed by atoms with Gasteiger partial charge in [-0.15, -0.1) is 12.4 Å². The Hall–Kier alpha value is -0.370. The van der Waals surface area contributed by atoms with E-state index in [1.54, 1.807) is 24.3 Å². The second-order valence-electron chi connectivity index (χ2n) is 4.55. The first-order chi connectivity index (χ1) is 8.81. The highest BCUT2D eigenvalue weighted by molar-refractivity contribution is 7.87. The fraction of sp³-hybridized carbons (Fsp3) is 0.500. The van der Waals surface area contributed by atoms with E-state index in [-0.39, 0.29) is 18.4 Å². The SMILES string of the molecule is CC(N)CCNS(=O)(=O)N(C)Cc1ccc(Cl)cc1.Cl. The highest BCUT2D eigenvalue weighted by Gasteiger charge is 2.17. The predicted molar refractivity (Wildman–Crippen MR) is 85.4 cm³/mol. The van der Waals surface area contributed by atoms with Crippen molar-refractivity contribution >= 4 is 34.2 Å². The maximum Gasteiger partial charge on any atom is 0.279 e. The molecular formula is C12H21Cl2N3O2S. The Balaban J connectivity index is 0.00000361. The number of rotatable bonds is 7. The summed E-state index contributed by atoms with van der Waals surface area (Å²) in [7, 11) is -1.94. The van der Waals surface area contributed by atoms with Gasteiger partial charge in [0.05, 0.1) is 0 Å². The maximum atomic E-state index is 11.9. The first-order valence-corrected chi connectivity index (χ1v) is 7.84. The Morgan fingerprint density at radius 3 is 2.40 bits per heavy atom. The average molecular weight is 342 g/mol. The Bertz CT molecular complexity index is 492. The Morgan fingerprint density at radius 1 is 1.35 bits per heavy atom. The van der Waals surface area contributed by atoms with Gasteiger partial charge in [-0.05, 0) is 31.0 Å². The van der Waals surface area contributed by atoms with Crippen LogP contribution >= 0.6 is 24.0 Å². The fourth-order valence-corrected chi connectivity index (χ4v) is 2.50. The molecule has 0 saturated carbocycles. The molecule has 0 amide bonds. The monoisotopic (exact) mass is 341 g/mol. The minimum atomic E-state index is -3.47. The Morgan fingerprint density at radius 2 is 1.90 bits per heavy atom. The molecule has 0 aliphatic rings. The van der Waals surface area contributed by atoms with Crippen LogP contribution in [-0.2, 0) is 16.8 Å². The summed E-state index contributed by atoms with van der Waals surface area (Å²) in [5.41, 5.74) is 6.45. The normalized spacial score (nSPS) is 13.1. The van der Waals surface area contributed by atoms with Crippen LogP contribution in [0.15, 0.2) is 24.3 Å². The highest BCUT2D eigenvalue weighted by atomic mass is 35.5. The van der Waals surface area contributed by atoms with E-state index in [4.69, 9.17) is 17.3 Å². The minimum Gasteiger partial charge on any atom is -0.328 e. The van der Waals surface area contributed by atoms with Crippen molar-refractivity contribution in [2.45, 2.75) is 25.9 Å². The van der Waals surface area contributed by atoms with E-state index >= 15 is 0 Å². The molecular weight excluding hydrogens is 321 g/mol. The molecule has 0 aliphatic heterocycles. The summed E-state index contributed by atoms with van der Waals surface area (Å²) in [6, 6.07) is 7.05. The van der Waals surface area contributed by atoms with Gasteiger partial charge in [-0.1, -0.05) is 23.7 Å². The first kappa shape index (κ1) is 19.6. The topological polar surface area (TPSA) is 75.4 Å². The van der Waals surface area contributed by atoms with Crippen molar-refractivity contribution in [2.75, 3.05) is 13.6 Å². The molecule has 3 N–H and O–H groups in total. The zero-order chi connectivity index (χ0) is 14.5. The molecule has 0 heterocycles.